The van der Waals surface area contributed by atoms with Crippen molar-refractivity contribution in [3.63, 3.8) is 0 Å². The van der Waals surface area contributed by atoms with Crippen LogP contribution < -0.4 is 10.1 Å². The highest BCUT2D eigenvalue weighted by molar-refractivity contribution is 5.47. The van der Waals surface area contributed by atoms with Gasteiger partial charge in [-0.3, -0.25) is 0 Å². The van der Waals surface area contributed by atoms with Gasteiger partial charge < -0.3 is 14.8 Å². The van der Waals surface area contributed by atoms with Crippen molar-refractivity contribution in [2.24, 2.45) is 0 Å². The number of hydrogen-bond acceptors (Lipinski definition) is 3. The van der Waals surface area contributed by atoms with Crippen molar-refractivity contribution in [2.45, 2.75) is 38.4 Å². The van der Waals surface area contributed by atoms with Crippen LogP contribution in [0.25, 0.3) is 0 Å². The molecule has 3 rings (SSSR count). The molecule has 98 valence electrons. The quantitative estimate of drug-likeness (QED) is 0.827. The number of aryl methyl sites for hydroxylation is 2. The lowest BCUT2D eigenvalue weighted by Crippen LogP contribution is -2.43. The van der Waals surface area contributed by atoms with Crippen molar-refractivity contribution in [1.29, 1.82) is 0 Å². The molecule has 2 aliphatic rings. The van der Waals surface area contributed by atoms with Gasteiger partial charge in [-0.1, -0.05) is 11.6 Å². The average molecular weight is 247 g/mol. The fraction of sp³-hybridized carbons (Fsp3) is 0.600. The van der Waals surface area contributed by atoms with E-state index in [1.54, 1.807) is 7.11 Å². The Balaban J connectivity index is 2.06. The zero-order valence-corrected chi connectivity index (χ0v) is 11.4. The van der Waals surface area contributed by atoms with Crippen molar-refractivity contribution in [3.8, 4) is 5.75 Å². The smallest absolute Gasteiger partial charge is 0.128 e. The predicted octanol–water partition coefficient (Wildman–Crippen LogP) is 2.51. The van der Waals surface area contributed by atoms with Gasteiger partial charge in [-0.05, 0) is 32.0 Å². The maximum atomic E-state index is 6.36. The zero-order chi connectivity index (χ0) is 12.8. The van der Waals surface area contributed by atoms with Gasteiger partial charge in [-0.15, -0.1) is 0 Å². The molecule has 2 aliphatic heterocycles. The first-order chi connectivity index (χ1) is 8.63. The Labute approximate surface area is 108 Å². The summed E-state index contributed by atoms with van der Waals surface area (Å²) in [6.45, 7) is 6.22. The second-order valence-corrected chi connectivity index (χ2v) is 5.64. The van der Waals surface area contributed by atoms with E-state index in [1.165, 1.54) is 16.7 Å². The largest absolute Gasteiger partial charge is 0.485 e. The summed E-state index contributed by atoms with van der Waals surface area (Å²) in [7, 11) is 1.80. The monoisotopic (exact) mass is 247 g/mol. The third-order valence-corrected chi connectivity index (χ3v) is 4.16. The van der Waals surface area contributed by atoms with E-state index in [9.17, 15) is 0 Å². The van der Waals surface area contributed by atoms with Crippen molar-refractivity contribution in [1.82, 2.24) is 5.32 Å². The fourth-order valence-corrected chi connectivity index (χ4v) is 3.26. The molecule has 0 aliphatic carbocycles. The summed E-state index contributed by atoms with van der Waals surface area (Å²) >= 11 is 0. The van der Waals surface area contributed by atoms with Crippen LogP contribution >= 0.6 is 0 Å². The Hall–Kier alpha value is -1.06. The summed E-state index contributed by atoms with van der Waals surface area (Å²) in [5, 5.41) is 3.41. The molecule has 0 saturated carbocycles. The lowest BCUT2D eigenvalue weighted by Gasteiger charge is -2.39. The van der Waals surface area contributed by atoms with Crippen LogP contribution in [0.1, 0.15) is 35.6 Å². The van der Waals surface area contributed by atoms with E-state index in [0.29, 0.717) is 0 Å². The molecule has 2 atom stereocenters. The molecule has 2 heterocycles. The summed E-state index contributed by atoms with van der Waals surface area (Å²) < 4.78 is 12.1. The lowest BCUT2D eigenvalue weighted by molar-refractivity contribution is -0.0208. The summed E-state index contributed by atoms with van der Waals surface area (Å²) in [6.07, 6.45) is 2.18. The van der Waals surface area contributed by atoms with Gasteiger partial charge in [0.1, 0.15) is 11.4 Å². The molecule has 1 aromatic carbocycles. The highest BCUT2D eigenvalue weighted by atomic mass is 16.5. The first-order valence-corrected chi connectivity index (χ1v) is 6.67. The molecule has 0 aromatic heterocycles. The molecule has 3 nitrogen and oxygen atoms in total. The lowest BCUT2D eigenvalue weighted by atomic mass is 9.86. The topological polar surface area (TPSA) is 30.5 Å². The van der Waals surface area contributed by atoms with Crippen molar-refractivity contribution < 1.29 is 9.47 Å². The van der Waals surface area contributed by atoms with Gasteiger partial charge >= 0.3 is 0 Å². The Morgan fingerprint density at radius 1 is 1.39 bits per heavy atom. The first kappa shape index (κ1) is 12.0. The van der Waals surface area contributed by atoms with E-state index in [4.69, 9.17) is 9.47 Å². The van der Waals surface area contributed by atoms with E-state index < -0.39 is 0 Å². The normalized spacial score (nSPS) is 30.3. The maximum absolute atomic E-state index is 6.36. The van der Waals surface area contributed by atoms with E-state index in [-0.39, 0.29) is 11.7 Å². The molecule has 2 unspecified atom stereocenters. The number of nitrogens with one attached hydrogen (secondary N) is 1. The number of methoxy groups -OCH3 is 1. The van der Waals surface area contributed by atoms with Crippen molar-refractivity contribution in [2.75, 3.05) is 20.2 Å². The number of hydrogen-bond donors (Lipinski definition) is 1. The van der Waals surface area contributed by atoms with Crippen LogP contribution in [0.3, 0.4) is 0 Å². The molecule has 1 N–H and O–H groups in total. The van der Waals surface area contributed by atoms with E-state index in [0.717, 1.165) is 31.7 Å². The highest BCUT2D eigenvalue weighted by Gasteiger charge is 2.43. The Morgan fingerprint density at radius 3 is 2.89 bits per heavy atom. The summed E-state index contributed by atoms with van der Waals surface area (Å²) in [5.74, 6) is 1.04. The molecule has 0 bridgehead atoms. The minimum absolute atomic E-state index is 0.0618. The van der Waals surface area contributed by atoms with Crippen LogP contribution in [0, 0.1) is 13.8 Å². The van der Waals surface area contributed by atoms with Crippen LogP contribution in [-0.2, 0) is 4.74 Å². The maximum Gasteiger partial charge on any atom is 0.128 e. The molecule has 1 spiro atoms. The zero-order valence-electron chi connectivity index (χ0n) is 11.4. The minimum Gasteiger partial charge on any atom is -0.485 e. The second-order valence-electron chi connectivity index (χ2n) is 5.64. The molecule has 1 aromatic rings. The summed E-state index contributed by atoms with van der Waals surface area (Å²) in [5.41, 5.74) is 3.65. The Bertz CT molecular complexity index is 464. The van der Waals surface area contributed by atoms with Gasteiger partial charge in [-0.25, -0.2) is 0 Å². The molecular formula is C15H21NO2. The predicted molar refractivity (Wildman–Crippen MR) is 71.1 cm³/mol. The van der Waals surface area contributed by atoms with Gasteiger partial charge in [0, 0.05) is 32.1 Å². The fourth-order valence-electron chi connectivity index (χ4n) is 3.26. The van der Waals surface area contributed by atoms with Gasteiger partial charge in [0.15, 0.2) is 0 Å². The molecule has 1 fully saturated rings. The molecule has 1 saturated heterocycles. The van der Waals surface area contributed by atoms with E-state index >= 15 is 0 Å². The van der Waals surface area contributed by atoms with Crippen LogP contribution in [0.4, 0.5) is 0 Å². The summed E-state index contributed by atoms with van der Waals surface area (Å²) in [6, 6.07) is 4.39. The second kappa shape index (κ2) is 4.25. The van der Waals surface area contributed by atoms with Crippen LogP contribution in [0.5, 0.6) is 5.75 Å². The van der Waals surface area contributed by atoms with Gasteiger partial charge in [-0.2, -0.15) is 0 Å². The van der Waals surface area contributed by atoms with Gasteiger partial charge in [0.2, 0.25) is 0 Å². The van der Waals surface area contributed by atoms with Crippen molar-refractivity contribution in [3.05, 3.63) is 28.8 Å². The first-order valence-electron chi connectivity index (χ1n) is 6.67. The molecule has 3 heteroatoms. The molecule has 0 amide bonds. The summed E-state index contributed by atoms with van der Waals surface area (Å²) in [4.78, 5) is 0. The SMILES string of the molecule is COC1CC2(CCNC2)Oc2c(C)cc(C)cc21. The third kappa shape index (κ3) is 1.82. The Kier molecular flexibility index (Phi) is 2.83. The van der Waals surface area contributed by atoms with Crippen molar-refractivity contribution >= 4 is 0 Å². The van der Waals surface area contributed by atoms with Gasteiger partial charge in [0.05, 0.1) is 6.10 Å². The average Bonchev–Trinajstić information content (AvgIpc) is 2.78. The number of ether oxygens (including phenoxy) is 2. The number of rotatable bonds is 1. The third-order valence-electron chi connectivity index (χ3n) is 4.16. The van der Waals surface area contributed by atoms with Crippen LogP contribution in [-0.4, -0.2) is 25.8 Å². The number of fused-ring (bicyclic) bond motifs is 1. The van der Waals surface area contributed by atoms with Crippen LogP contribution in [0.2, 0.25) is 0 Å². The standard InChI is InChI=1S/C15H21NO2/c1-10-6-11(2)14-12(7-10)13(17-3)8-15(18-14)4-5-16-9-15/h6-7,13,16H,4-5,8-9H2,1-3H3. The highest BCUT2D eigenvalue weighted by Crippen LogP contribution is 2.45. The minimum atomic E-state index is -0.0618. The number of benzene rings is 1. The molecular weight excluding hydrogens is 226 g/mol. The van der Waals surface area contributed by atoms with E-state index in [2.05, 4.69) is 31.3 Å². The van der Waals surface area contributed by atoms with Gasteiger partial charge in [0.25, 0.3) is 0 Å². The van der Waals surface area contributed by atoms with E-state index in [1.807, 2.05) is 0 Å². The van der Waals surface area contributed by atoms with Crippen LogP contribution in [0.15, 0.2) is 12.1 Å². The molecule has 18 heavy (non-hydrogen) atoms. The molecule has 0 radical (unpaired) electrons. The Morgan fingerprint density at radius 2 is 2.22 bits per heavy atom.